The molecular formula is C14H10Cl2OS. The van der Waals surface area contributed by atoms with E-state index in [0.29, 0.717) is 21.2 Å². The standard InChI is InChI=1S/C14H10Cl2OS/c1-18-11-5-2-9(3-6-11)14(17)10-4-7-12(15)13(16)8-10/h2-8H,1H3. The van der Waals surface area contributed by atoms with Crippen LogP contribution in [0.3, 0.4) is 0 Å². The highest BCUT2D eigenvalue weighted by atomic mass is 35.5. The largest absolute Gasteiger partial charge is 0.289 e. The first kappa shape index (κ1) is 13.5. The van der Waals surface area contributed by atoms with E-state index in [1.807, 2.05) is 30.5 Å². The summed E-state index contributed by atoms with van der Waals surface area (Å²) in [6, 6.07) is 12.4. The highest BCUT2D eigenvalue weighted by Crippen LogP contribution is 2.24. The van der Waals surface area contributed by atoms with Gasteiger partial charge < -0.3 is 0 Å². The summed E-state index contributed by atoms with van der Waals surface area (Å²) in [5.41, 5.74) is 1.19. The van der Waals surface area contributed by atoms with E-state index in [-0.39, 0.29) is 5.78 Å². The molecule has 0 saturated carbocycles. The lowest BCUT2D eigenvalue weighted by molar-refractivity contribution is 0.103. The van der Waals surface area contributed by atoms with Crippen LogP contribution in [0.4, 0.5) is 0 Å². The van der Waals surface area contributed by atoms with Crippen LogP contribution in [0.15, 0.2) is 47.4 Å². The quantitative estimate of drug-likeness (QED) is 0.589. The zero-order valence-corrected chi connectivity index (χ0v) is 11.9. The molecule has 0 radical (unpaired) electrons. The second kappa shape index (κ2) is 5.79. The minimum atomic E-state index is -0.0544. The van der Waals surface area contributed by atoms with Crippen molar-refractivity contribution < 1.29 is 4.79 Å². The zero-order chi connectivity index (χ0) is 13.1. The van der Waals surface area contributed by atoms with Crippen molar-refractivity contribution in [2.45, 2.75) is 4.90 Å². The Labute approximate surface area is 120 Å². The van der Waals surface area contributed by atoms with E-state index in [0.717, 1.165) is 4.90 Å². The maximum atomic E-state index is 12.2. The van der Waals surface area contributed by atoms with Crippen molar-refractivity contribution in [1.29, 1.82) is 0 Å². The Morgan fingerprint density at radius 3 is 2.11 bits per heavy atom. The van der Waals surface area contributed by atoms with Crippen molar-refractivity contribution in [3.05, 3.63) is 63.6 Å². The van der Waals surface area contributed by atoms with Gasteiger partial charge in [0.15, 0.2) is 5.78 Å². The third-order valence-electron chi connectivity index (χ3n) is 2.53. The molecule has 0 fully saturated rings. The molecule has 4 heteroatoms. The number of carbonyl (C=O) groups excluding carboxylic acids is 1. The highest BCUT2D eigenvalue weighted by Gasteiger charge is 2.10. The van der Waals surface area contributed by atoms with E-state index in [1.54, 1.807) is 30.0 Å². The molecule has 2 rings (SSSR count). The van der Waals surface area contributed by atoms with Gasteiger partial charge in [0.05, 0.1) is 10.0 Å². The smallest absolute Gasteiger partial charge is 0.193 e. The molecule has 0 aliphatic carbocycles. The predicted octanol–water partition coefficient (Wildman–Crippen LogP) is 4.95. The summed E-state index contributed by atoms with van der Waals surface area (Å²) in [4.78, 5) is 13.3. The molecule has 0 saturated heterocycles. The fourth-order valence-corrected chi connectivity index (χ4v) is 2.25. The molecule has 0 aromatic heterocycles. The molecule has 0 unspecified atom stereocenters. The lowest BCUT2D eigenvalue weighted by Crippen LogP contribution is -2.00. The molecule has 0 atom stereocenters. The number of thioether (sulfide) groups is 1. The van der Waals surface area contributed by atoms with Gasteiger partial charge in [-0.15, -0.1) is 11.8 Å². The van der Waals surface area contributed by atoms with Gasteiger partial charge >= 0.3 is 0 Å². The average molecular weight is 297 g/mol. The fourth-order valence-electron chi connectivity index (χ4n) is 1.55. The Balaban J connectivity index is 2.32. The van der Waals surface area contributed by atoms with Crippen LogP contribution in [0, 0.1) is 0 Å². The Bertz CT molecular complexity index is 579. The van der Waals surface area contributed by atoms with Crippen molar-refractivity contribution in [2.75, 3.05) is 6.26 Å². The van der Waals surface area contributed by atoms with Gasteiger partial charge in [-0.2, -0.15) is 0 Å². The molecule has 0 aliphatic heterocycles. The Morgan fingerprint density at radius 2 is 1.56 bits per heavy atom. The zero-order valence-electron chi connectivity index (χ0n) is 9.61. The first-order valence-corrected chi connectivity index (χ1v) is 7.23. The van der Waals surface area contributed by atoms with E-state index >= 15 is 0 Å². The number of carbonyl (C=O) groups is 1. The third-order valence-corrected chi connectivity index (χ3v) is 4.02. The molecule has 0 bridgehead atoms. The van der Waals surface area contributed by atoms with Gasteiger partial charge in [-0.1, -0.05) is 23.2 Å². The van der Waals surface area contributed by atoms with E-state index in [9.17, 15) is 4.79 Å². The molecule has 0 N–H and O–H groups in total. The summed E-state index contributed by atoms with van der Waals surface area (Å²) in [5.74, 6) is -0.0544. The SMILES string of the molecule is CSc1ccc(C(=O)c2ccc(Cl)c(Cl)c2)cc1. The summed E-state index contributed by atoms with van der Waals surface area (Å²) in [6.07, 6.45) is 2.00. The average Bonchev–Trinajstić information content (AvgIpc) is 2.41. The van der Waals surface area contributed by atoms with Crippen molar-refractivity contribution >= 4 is 40.7 Å². The van der Waals surface area contributed by atoms with Crippen LogP contribution in [-0.2, 0) is 0 Å². The third kappa shape index (κ3) is 2.89. The molecule has 2 aromatic rings. The summed E-state index contributed by atoms with van der Waals surface area (Å²) in [7, 11) is 0. The number of halogens is 2. The predicted molar refractivity (Wildman–Crippen MR) is 78.1 cm³/mol. The van der Waals surface area contributed by atoms with Gasteiger partial charge in [0, 0.05) is 16.0 Å². The van der Waals surface area contributed by atoms with Crippen LogP contribution in [0.1, 0.15) is 15.9 Å². The molecule has 1 nitrogen and oxygen atoms in total. The van der Waals surface area contributed by atoms with Gasteiger partial charge in [-0.25, -0.2) is 0 Å². The van der Waals surface area contributed by atoms with E-state index in [1.165, 1.54) is 0 Å². The Kier molecular flexibility index (Phi) is 4.33. The number of benzene rings is 2. The maximum Gasteiger partial charge on any atom is 0.193 e. The van der Waals surface area contributed by atoms with Gasteiger partial charge in [0.2, 0.25) is 0 Å². The molecule has 0 spiro atoms. The fraction of sp³-hybridized carbons (Fsp3) is 0.0714. The number of rotatable bonds is 3. The minimum absolute atomic E-state index is 0.0544. The van der Waals surface area contributed by atoms with Crippen molar-refractivity contribution in [1.82, 2.24) is 0 Å². The molecule has 0 aliphatic rings. The Morgan fingerprint density at radius 1 is 0.944 bits per heavy atom. The topological polar surface area (TPSA) is 17.1 Å². The lowest BCUT2D eigenvalue weighted by atomic mass is 10.0. The van der Waals surface area contributed by atoms with Crippen molar-refractivity contribution in [3.8, 4) is 0 Å². The molecule has 18 heavy (non-hydrogen) atoms. The van der Waals surface area contributed by atoms with Gasteiger partial charge in [-0.05, 0) is 48.7 Å². The maximum absolute atomic E-state index is 12.2. The first-order chi connectivity index (χ1) is 8.61. The van der Waals surface area contributed by atoms with E-state index in [4.69, 9.17) is 23.2 Å². The van der Waals surface area contributed by atoms with Gasteiger partial charge in [-0.3, -0.25) is 4.79 Å². The van der Waals surface area contributed by atoms with Crippen LogP contribution in [-0.4, -0.2) is 12.0 Å². The second-order valence-corrected chi connectivity index (χ2v) is 5.38. The van der Waals surface area contributed by atoms with Crippen LogP contribution < -0.4 is 0 Å². The number of hydrogen-bond acceptors (Lipinski definition) is 2. The minimum Gasteiger partial charge on any atom is -0.289 e. The summed E-state index contributed by atoms with van der Waals surface area (Å²) < 4.78 is 0. The summed E-state index contributed by atoms with van der Waals surface area (Å²) in [5, 5.41) is 0.842. The normalized spacial score (nSPS) is 10.4. The monoisotopic (exact) mass is 296 g/mol. The molecule has 0 amide bonds. The van der Waals surface area contributed by atoms with Crippen molar-refractivity contribution in [3.63, 3.8) is 0 Å². The van der Waals surface area contributed by atoms with E-state index in [2.05, 4.69) is 0 Å². The van der Waals surface area contributed by atoms with Gasteiger partial charge in [0.25, 0.3) is 0 Å². The second-order valence-electron chi connectivity index (χ2n) is 3.69. The molecule has 2 aromatic carbocycles. The molecule has 0 heterocycles. The highest BCUT2D eigenvalue weighted by molar-refractivity contribution is 7.98. The van der Waals surface area contributed by atoms with Crippen LogP contribution >= 0.6 is 35.0 Å². The van der Waals surface area contributed by atoms with E-state index < -0.39 is 0 Å². The van der Waals surface area contributed by atoms with Crippen LogP contribution in [0.5, 0.6) is 0 Å². The summed E-state index contributed by atoms with van der Waals surface area (Å²) >= 11 is 13.4. The van der Waals surface area contributed by atoms with Crippen molar-refractivity contribution in [2.24, 2.45) is 0 Å². The first-order valence-electron chi connectivity index (χ1n) is 5.25. The lowest BCUT2D eigenvalue weighted by Gasteiger charge is -2.04. The molecular weight excluding hydrogens is 287 g/mol. The number of ketones is 1. The molecule has 92 valence electrons. The number of hydrogen-bond donors (Lipinski definition) is 0. The van der Waals surface area contributed by atoms with Crippen LogP contribution in [0.25, 0.3) is 0 Å². The summed E-state index contributed by atoms with van der Waals surface area (Å²) in [6.45, 7) is 0. The van der Waals surface area contributed by atoms with Crippen LogP contribution in [0.2, 0.25) is 10.0 Å². The Hall–Kier alpha value is -0.960. The van der Waals surface area contributed by atoms with Gasteiger partial charge in [0.1, 0.15) is 0 Å².